The Morgan fingerprint density at radius 2 is 2.22 bits per heavy atom. The van der Waals surface area contributed by atoms with Crippen molar-refractivity contribution in [2.24, 2.45) is 5.92 Å². The van der Waals surface area contributed by atoms with Crippen LogP contribution >= 0.6 is 15.9 Å². The number of pyridine rings is 1. The first-order valence-electron chi connectivity index (χ1n) is 6.24. The number of hydrogen-bond donors (Lipinski definition) is 1. The van der Waals surface area contributed by atoms with Crippen LogP contribution in [-0.4, -0.2) is 42.5 Å². The van der Waals surface area contributed by atoms with E-state index in [1.54, 1.807) is 17.2 Å². The maximum absolute atomic E-state index is 12.2. The first-order chi connectivity index (χ1) is 8.66. The Kier molecular flexibility index (Phi) is 4.72. The summed E-state index contributed by atoms with van der Waals surface area (Å²) in [5.41, 5.74) is 0.509. The normalized spacial score (nSPS) is 16.6. The number of carbonyl (C=O) groups excluding carboxylic acids is 1. The highest BCUT2D eigenvalue weighted by Crippen LogP contribution is 2.14. The predicted molar refractivity (Wildman–Crippen MR) is 74.5 cm³/mol. The lowest BCUT2D eigenvalue weighted by atomic mass is 9.97. The lowest BCUT2D eigenvalue weighted by Gasteiger charge is -2.27. The van der Waals surface area contributed by atoms with Gasteiger partial charge in [0.1, 0.15) is 5.69 Å². The molecule has 1 amide bonds. The standard InChI is InChI=1S/C13H18BrN3O/c1-17(9-10-4-6-15-7-5-10)13(18)12-3-2-11(14)8-16-12/h2-3,8,10,15H,4-7,9H2,1H3. The summed E-state index contributed by atoms with van der Waals surface area (Å²) in [6.07, 6.45) is 3.95. The van der Waals surface area contributed by atoms with Crippen LogP contribution in [0, 0.1) is 5.92 Å². The van der Waals surface area contributed by atoms with E-state index in [-0.39, 0.29) is 5.91 Å². The Labute approximate surface area is 116 Å². The van der Waals surface area contributed by atoms with E-state index >= 15 is 0 Å². The van der Waals surface area contributed by atoms with E-state index in [0.29, 0.717) is 11.6 Å². The van der Waals surface area contributed by atoms with E-state index in [2.05, 4.69) is 26.2 Å². The molecule has 0 unspecified atom stereocenters. The van der Waals surface area contributed by atoms with Crippen molar-refractivity contribution in [2.45, 2.75) is 12.8 Å². The molecule has 0 spiro atoms. The van der Waals surface area contributed by atoms with Crippen LogP contribution in [0.25, 0.3) is 0 Å². The minimum Gasteiger partial charge on any atom is -0.340 e. The van der Waals surface area contributed by atoms with Crippen LogP contribution in [0.2, 0.25) is 0 Å². The van der Waals surface area contributed by atoms with Gasteiger partial charge >= 0.3 is 0 Å². The highest BCUT2D eigenvalue weighted by Gasteiger charge is 2.19. The highest BCUT2D eigenvalue weighted by molar-refractivity contribution is 9.10. The largest absolute Gasteiger partial charge is 0.340 e. The molecule has 0 bridgehead atoms. The van der Waals surface area contributed by atoms with Crippen LogP contribution in [0.3, 0.4) is 0 Å². The van der Waals surface area contributed by atoms with E-state index in [0.717, 1.165) is 36.9 Å². The molecule has 5 heteroatoms. The third kappa shape index (κ3) is 3.53. The number of rotatable bonds is 3. The zero-order valence-corrected chi connectivity index (χ0v) is 12.1. The summed E-state index contributed by atoms with van der Waals surface area (Å²) < 4.78 is 0.889. The van der Waals surface area contributed by atoms with Gasteiger partial charge < -0.3 is 10.2 Å². The van der Waals surface area contributed by atoms with Crippen molar-refractivity contribution in [2.75, 3.05) is 26.7 Å². The lowest BCUT2D eigenvalue weighted by molar-refractivity contribution is 0.0757. The van der Waals surface area contributed by atoms with Gasteiger partial charge in [0.25, 0.3) is 5.91 Å². The number of hydrogen-bond acceptors (Lipinski definition) is 3. The van der Waals surface area contributed by atoms with Crippen LogP contribution in [0.15, 0.2) is 22.8 Å². The highest BCUT2D eigenvalue weighted by atomic mass is 79.9. The predicted octanol–water partition coefficient (Wildman–Crippen LogP) is 1.92. The van der Waals surface area contributed by atoms with Gasteiger partial charge in [-0.05, 0) is 59.9 Å². The van der Waals surface area contributed by atoms with Crippen LogP contribution in [0.5, 0.6) is 0 Å². The number of halogens is 1. The van der Waals surface area contributed by atoms with E-state index in [1.165, 1.54) is 0 Å². The molecule has 1 aliphatic heterocycles. The van der Waals surface area contributed by atoms with Gasteiger partial charge in [-0.15, -0.1) is 0 Å². The SMILES string of the molecule is CN(CC1CCNCC1)C(=O)c1ccc(Br)cn1. The molecule has 1 aromatic rings. The fourth-order valence-electron chi connectivity index (χ4n) is 2.23. The van der Waals surface area contributed by atoms with Gasteiger partial charge in [0.15, 0.2) is 0 Å². The first kappa shape index (κ1) is 13.5. The molecule has 2 rings (SSSR count). The van der Waals surface area contributed by atoms with Crippen LogP contribution in [-0.2, 0) is 0 Å². The summed E-state index contributed by atoms with van der Waals surface area (Å²) in [7, 11) is 1.86. The van der Waals surface area contributed by atoms with Crippen LogP contribution in [0.1, 0.15) is 23.3 Å². The molecule has 0 aromatic carbocycles. The summed E-state index contributed by atoms with van der Waals surface area (Å²) >= 11 is 3.32. The zero-order valence-electron chi connectivity index (χ0n) is 10.5. The fourth-order valence-corrected chi connectivity index (χ4v) is 2.47. The van der Waals surface area contributed by atoms with Gasteiger partial charge in [0, 0.05) is 24.3 Å². The van der Waals surface area contributed by atoms with E-state index in [4.69, 9.17) is 0 Å². The van der Waals surface area contributed by atoms with Gasteiger partial charge in [0.2, 0.25) is 0 Å². The second-order valence-corrected chi connectivity index (χ2v) is 5.66. The average Bonchev–Trinajstić information content (AvgIpc) is 2.40. The van der Waals surface area contributed by atoms with Crippen LogP contribution in [0.4, 0.5) is 0 Å². The number of piperidine rings is 1. The van der Waals surface area contributed by atoms with Crippen LogP contribution < -0.4 is 5.32 Å². The molecule has 1 saturated heterocycles. The van der Waals surface area contributed by atoms with Crippen molar-refractivity contribution in [3.8, 4) is 0 Å². The number of nitrogens with one attached hydrogen (secondary N) is 1. The molecule has 18 heavy (non-hydrogen) atoms. The summed E-state index contributed by atoms with van der Waals surface area (Å²) in [4.78, 5) is 18.1. The number of amides is 1. The Morgan fingerprint density at radius 3 is 2.83 bits per heavy atom. The second-order valence-electron chi connectivity index (χ2n) is 4.74. The van der Waals surface area contributed by atoms with Crippen molar-refractivity contribution in [3.05, 3.63) is 28.5 Å². The van der Waals surface area contributed by atoms with Gasteiger partial charge in [-0.25, -0.2) is 4.98 Å². The lowest BCUT2D eigenvalue weighted by Crippen LogP contribution is -2.37. The van der Waals surface area contributed by atoms with E-state index in [1.807, 2.05) is 13.1 Å². The molecule has 1 N–H and O–H groups in total. The van der Waals surface area contributed by atoms with Crippen molar-refractivity contribution < 1.29 is 4.79 Å². The van der Waals surface area contributed by atoms with Gasteiger partial charge in [0.05, 0.1) is 0 Å². The minimum atomic E-state index is 0.000956. The van der Waals surface area contributed by atoms with E-state index in [9.17, 15) is 4.79 Å². The molecule has 0 aliphatic carbocycles. The molecular formula is C13H18BrN3O. The molecule has 0 saturated carbocycles. The van der Waals surface area contributed by atoms with Crippen molar-refractivity contribution in [1.29, 1.82) is 0 Å². The average molecular weight is 312 g/mol. The molecule has 2 heterocycles. The molecule has 1 aliphatic rings. The monoisotopic (exact) mass is 311 g/mol. The Balaban J connectivity index is 1.93. The van der Waals surface area contributed by atoms with Gasteiger partial charge in [-0.1, -0.05) is 0 Å². The molecule has 1 aromatic heterocycles. The maximum Gasteiger partial charge on any atom is 0.272 e. The fraction of sp³-hybridized carbons (Fsp3) is 0.538. The Bertz CT molecular complexity index is 401. The molecule has 4 nitrogen and oxygen atoms in total. The molecule has 1 fully saturated rings. The van der Waals surface area contributed by atoms with Gasteiger partial charge in [-0.3, -0.25) is 4.79 Å². The van der Waals surface area contributed by atoms with E-state index < -0.39 is 0 Å². The van der Waals surface area contributed by atoms with Gasteiger partial charge in [-0.2, -0.15) is 0 Å². The summed E-state index contributed by atoms with van der Waals surface area (Å²) in [5, 5.41) is 3.33. The number of aromatic nitrogens is 1. The molecule has 0 radical (unpaired) electrons. The topological polar surface area (TPSA) is 45.2 Å². The molecule has 98 valence electrons. The molecular weight excluding hydrogens is 294 g/mol. The van der Waals surface area contributed by atoms with Crippen molar-refractivity contribution in [3.63, 3.8) is 0 Å². The maximum atomic E-state index is 12.2. The Morgan fingerprint density at radius 1 is 1.50 bits per heavy atom. The smallest absolute Gasteiger partial charge is 0.272 e. The third-order valence-corrected chi connectivity index (χ3v) is 3.75. The van der Waals surface area contributed by atoms with Crippen molar-refractivity contribution >= 4 is 21.8 Å². The summed E-state index contributed by atoms with van der Waals surface area (Å²) in [6.45, 7) is 2.94. The summed E-state index contributed by atoms with van der Waals surface area (Å²) in [6, 6.07) is 3.60. The first-order valence-corrected chi connectivity index (χ1v) is 7.04. The Hall–Kier alpha value is -0.940. The quantitative estimate of drug-likeness (QED) is 0.927. The third-order valence-electron chi connectivity index (χ3n) is 3.28. The second kappa shape index (κ2) is 6.29. The molecule has 0 atom stereocenters. The minimum absolute atomic E-state index is 0.000956. The number of nitrogens with zero attached hydrogens (tertiary/aromatic N) is 2. The summed E-state index contributed by atoms with van der Waals surface area (Å²) in [5.74, 6) is 0.608. The number of carbonyl (C=O) groups is 1. The zero-order chi connectivity index (χ0) is 13.0. The van der Waals surface area contributed by atoms with Crippen molar-refractivity contribution in [1.82, 2.24) is 15.2 Å².